The van der Waals surface area contributed by atoms with Crippen LogP contribution >= 0.6 is 0 Å². The number of rotatable bonds is 5. The van der Waals surface area contributed by atoms with Gasteiger partial charge in [0.25, 0.3) is 5.56 Å². The molecule has 2 atom stereocenters. The Hall–Kier alpha value is -2.48. The van der Waals surface area contributed by atoms with E-state index in [-0.39, 0.29) is 30.2 Å². The van der Waals surface area contributed by atoms with Crippen LogP contribution in [-0.4, -0.2) is 55.4 Å². The maximum atomic E-state index is 12.9. The Kier molecular flexibility index (Phi) is 5.98. The first-order chi connectivity index (χ1) is 13.3. The van der Waals surface area contributed by atoms with Gasteiger partial charge in [-0.3, -0.25) is 14.2 Å². The van der Waals surface area contributed by atoms with Crippen LogP contribution in [0.1, 0.15) is 44.3 Å². The van der Waals surface area contributed by atoms with E-state index >= 15 is 0 Å². The van der Waals surface area contributed by atoms with Gasteiger partial charge in [0.2, 0.25) is 11.9 Å². The second kappa shape index (κ2) is 8.26. The van der Waals surface area contributed by atoms with Crippen LogP contribution in [0.15, 0.2) is 16.9 Å². The van der Waals surface area contributed by atoms with Crippen molar-refractivity contribution in [1.82, 2.24) is 24.2 Å². The highest BCUT2D eigenvalue weighted by Crippen LogP contribution is 2.14. The van der Waals surface area contributed by atoms with Gasteiger partial charge >= 0.3 is 0 Å². The third kappa shape index (κ3) is 4.32. The van der Waals surface area contributed by atoms with E-state index in [1.54, 1.807) is 9.58 Å². The molecule has 0 aromatic carbocycles. The molecule has 0 radical (unpaired) electrons. The number of hydrogen-bond donors (Lipinski definition) is 0. The molecule has 2 aromatic rings. The maximum absolute atomic E-state index is 12.9. The van der Waals surface area contributed by atoms with Crippen molar-refractivity contribution in [2.75, 3.05) is 13.1 Å². The predicted molar refractivity (Wildman–Crippen MR) is 106 cm³/mol. The third-order valence-electron chi connectivity index (χ3n) is 4.81. The summed E-state index contributed by atoms with van der Waals surface area (Å²) in [4.78, 5) is 32.2. The lowest BCUT2D eigenvalue weighted by molar-refractivity contribution is -0.143. The molecule has 28 heavy (non-hydrogen) atoms. The first-order valence-electron chi connectivity index (χ1n) is 9.86. The summed E-state index contributed by atoms with van der Waals surface area (Å²) in [7, 11) is 0. The van der Waals surface area contributed by atoms with Crippen molar-refractivity contribution < 1.29 is 9.53 Å². The van der Waals surface area contributed by atoms with E-state index < -0.39 is 0 Å². The molecule has 0 bridgehead atoms. The van der Waals surface area contributed by atoms with E-state index in [1.165, 1.54) is 10.6 Å². The van der Waals surface area contributed by atoms with Gasteiger partial charge in [-0.15, -0.1) is 0 Å². The van der Waals surface area contributed by atoms with Gasteiger partial charge in [-0.05, 0) is 40.2 Å². The fourth-order valence-corrected chi connectivity index (χ4v) is 3.68. The van der Waals surface area contributed by atoms with Crippen LogP contribution in [0.2, 0.25) is 0 Å². The van der Waals surface area contributed by atoms with Crippen LogP contribution in [0.3, 0.4) is 0 Å². The molecule has 1 amide bonds. The summed E-state index contributed by atoms with van der Waals surface area (Å²) in [5.41, 5.74) is 2.19. The van der Waals surface area contributed by atoms with E-state index in [9.17, 15) is 9.59 Å². The zero-order valence-corrected chi connectivity index (χ0v) is 17.3. The molecule has 1 aliphatic rings. The quantitative estimate of drug-likeness (QED) is 0.779. The van der Waals surface area contributed by atoms with Crippen molar-refractivity contribution in [1.29, 1.82) is 0 Å². The summed E-state index contributed by atoms with van der Waals surface area (Å²) in [5, 5.41) is 4.48. The van der Waals surface area contributed by atoms with Crippen molar-refractivity contribution in [3.05, 3.63) is 39.6 Å². The molecule has 1 aliphatic heterocycles. The Balaban J connectivity index is 1.98. The molecule has 1 fully saturated rings. The first kappa shape index (κ1) is 20.3. The van der Waals surface area contributed by atoms with Gasteiger partial charge in [-0.25, -0.2) is 9.67 Å². The van der Waals surface area contributed by atoms with Gasteiger partial charge in [0, 0.05) is 30.5 Å². The maximum Gasteiger partial charge on any atom is 0.255 e. The first-order valence-corrected chi connectivity index (χ1v) is 9.86. The fraction of sp³-hybridized carbons (Fsp3) is 0.600. The van der Waals surface area contributed by atoms with Crippen molar-refractivity contribution in [3.8, 4) is 5.95 Å². The monoisotopic (exact) mass is 387 g/mol. The number of carbonyl (C=O) groups excluding carboxylic acids is 1. The van der Waals surface area contributed by atoms with Crippen LogP contribution in [0.25, 0.3) is 5.95 Å². The summed E-state index contributed by atoms with van der Waals surface area (Å²) >= 11 is 0. The number of nitrogens with zero attached hydrogens (tertiary/aromatic N) is 5. The number of aromatic nitrogens is 4. The molecule has 8 nitrogen and oxygen atoms in total. The smallest absolute Gasteiger partial charge is 0.255 e. The number of ether oxygens (including phenoxy) is 1. The minimum Gasteiger partial charge on any atom is -0.372 e. The van der Waals surface area contributed by atoms with Gasteiger partial charge < -0.3 is 9.64 Å². The molecule has 8 heteroatoms. The lowest BCUT2D eigenvalue weighted by atomic mass is 10.2. The van der Waals surface area contributed by atoms with E-state index in [2.05, 4.69) is 10.1 Å². The number of hydrogen-bond acceptors (Lipinski definition) is 5. The molecule has 0 spiro atoms. The molecular formula is C20H29N5O3. The number of aryl methyl sites for hydroxylation is 3. The minimum absolute atomic E-state index is 0.0232. The standard InChI is InChI=1S/C20H29N5O3/c1-6-7-17-9-18(26)24(20(21-17)25-14(3)8-13(2)22-25)12-19(27)23-10-15(4)28-16(5)11-23/h8-9,15-16H,6-7,10-12H2,1-5H3. The Morgan fingerprint density at radius 1 is 1.21 bits per heavy atom. The SMILES string of the molecule is CCCc1cc(=O)n(CC(=O)N2CC(C)OC(C)C2)c(-n2nc(C)cc2C)n1. The van der Waals surface area contributed by atoms with Gasteiger partial charge in [0.15, 0.2) is 0 Å². The summed E-state index contributed by atoms with van der Waals surface area (Å²) in [6.45, 7) is 10.7. The van der Waals surface area contributed by atoms with Gasteiger partial charge in [-0.1, -0.05) is 13.3 Å². The topological polar surface area (TPSA) is 82.3 Å². The summed E-state index contributed by atoms with van der Waals surface area (Å²) < 4.78 is 8.77. The lowest BCUT2D eigenvalue weighted by Crippen LogP contribution is -2.49. The van der Waals surface area contributed by atoms with E-state index in [0.717, 1.165) is 17.8 Å². The van der Waals surface area contributed by atoms with Gasteiger partial charge in [-0.2, -0.15) is 5.10 Å². The Labute approximate surface area is 165 Å². The molecule has 3 rings (SSSR count). The van der Waals surface area contributed by atoms with Crippen LogP contribution in [0.4, 0.5) is 0 Å². The Morgan fingerprint density at radius 2 is 1.89 bits per heavy atom. The second-order valence-electron chi connectivity index (χ2n) is 7.62. The van der Waals surface area contributed by atoms with Crippen molar-refractivity contribution in [2.24, 2.45) is 0 Å². The number of carbonyl (C=O) groups is 1. The Bertz CT molecular complexity index is 907. The minimum atomic E-state index is -0.233. The second-order valence-corrected chi connectivity index (χ2v) is 7.62. The summed E-state index contributed by atoms with van der Waals surface area (Å²) in [6.07, 6.45) is 1.54. The lowest BCUT2D eigenvalue weighted by Gasteiger charge is -2.35. The highest BCUT2D eigenvalue weighted by Gasteiger charge is 2.27. The third-order valence-corrected chi connectivity index (χ3v) is 4.81. The molecule has 3 heterocycles. The van der Waals surface area contributed by atoms with Gasteiger partial charge in [0.1, 0.15) is 6.54 Å². The molecule has 152 valence electrons. The molecule has 0 N–H and O–H groups in total. The average Bonchev–Trinajstić information content (AvgIpc) is 2.94. The molecular weight excluding hydrogens is 358 g/mol. The fourth-order valence-electron chi connectivity index (χ4n) is 3.68. The van der Waals surface area contributed by atoms with E-state index in [4.69, 9.17) is 4.74 Å². The number of amides is 1. The molecule has 0 saturated carbocycles. The van der Waals surface area contributed by atoms with Crippen LogP contribution in [-0.2, 0) is 22.5 Å². The highest BCUT2D eigenvalue weighted by molar-refractivity contribution is 5.76. The highest BCUT2D eigenvalue weighted by atomic mass is 16.5. The molecule has 1 saturated heterocycles. The van der Waals surface area contributed by atoms with Crippen molar-refractivity contribution >= 4 is 5.91 Å². The van der Waals surface area contributed by atoms with Crippen LogP contribution in [0.5, 0.6) is 0 Å². The Morgan fingerprint density at radius 3 is 2.46 bits per heavy atom. The van der Waals surface area contributed by atoms with E-state index in [0.29, 0.717) is 31.2 Å². The zero-order valence-electron chi connectivity index (χ0n) is 17.3. The molecule has 2 aromatic heterocycles. The van der Waals surface area contributed by atoms with Gasteiger partial charge in [0.05, 0.1) is 17.9 Å². The molecule has 0 aliphatic carbocycles. The predicted octanol–water partition coefficient (Wildman–Crippen LogP) is 1.63. The number of morpholine rings is 1. The average molecular weight is 387 g/mol. The van der Waals surface area contributed by atoms with Crippen LogP contribution < -0.4 is 5.56 Å². The molecule has 2 unspecified atom stereocenters. The zero-order chi connectivity index (χ0) is 20.4. The van der Waals surface area contributed by atoms with Crippen molar-refractivity contribution in [3.63, 3.8) is 0 Å². The summed E-state index contributed by atoms with van der Waals surface area (Å²) in [5.74, 6) is 0.279. The van der Waals surface area contributed by atoms with Crippen LogP contribution in [0, 0.1) is 13.8 Å². The largest absolute Gasteiger partial charge is 0.372 e. The van der Waals surface area contributed by atoms with E-state index in [1.807, 2.05) is 40.7 Å². The normalized spacial score (nSPS) is 19.8. The van der Waals surface area contributed by atoms with Crippen molar-refractivity contribution in [2.45, 2.75) is 66.2 Å². The summed E-state index contributed by atoms with van der Waals surface area (Å²) in [6, 6.07) is 3.45.